The smallest absolute Gasteiger partial charge is 0.309 e. The number of esters is 1. The summed E-state index contributed by atoms with van der Waals surface area (Å²) < 4.78 is 4.88. The number of nitrogens with one attached hydrogen (secondary N) is 2. The normalized spacial score (nSPS) is 16.5. The van der Waals surface area contributed by atoms with Gasteiger partial charge >= 0.3 is 5.97 Å². The third kappa shape index (κ3) is 9.93. The van der Waals surface area contributed by atoms with E-state index in [1.54, 1.807) is 0 Å². The quantitative estimate of drug-likeness (QED) is 0.260. The predicted octanol–water partition coefficient (Wildman–Crippen LogP) is 2.95. The molecule has 0 bridgehead atoms. The second kappa shape index (κ2) is 14.4. The molecule has 2 amide bonds. The molecule has 188 valence electrons. The fourth-order valence-electron chi connectivity index (χ4n) is 4.30. The fourth-order valence-corrected chi connectivity index (χ4v) is 4.30. The van der Waals surface area contributed by atoms with E-state index < -0.39 is 23.8 Å². The first-order valence-corrected chi connectivity index (χ1v) is 12.3. The van der Waals surface area contributed by atoms with Crippen LogP contribution < -0.4 is 16.4 Å². The summed E-state index contributed by atoms with van der Waals surface area (Å²) in [6.07, 6.45) is 6.61. The lowest BCUT2D eigenvalue weighted by Crippen LogP contribution is -2.43. The molecule has 4 N–H and O–H groups in total. The van der Waals surface area contributed by atoms with Crippen molar-refractivity contribution in [2.75, 3.05) is 13.7 Å². The molecule has 0 saturated heterocycles. The molecule has 8 heteroatoms. The van der Waals surface area contributed by atoms with Crippen LogP contribution in [0.25, 0.3) is 0 Å². The highest BCUT2D eigenvalue weighted by Crippen LogP contribution is 2.28. The van der Waals surface area contributed by atoms with Gasteiger partial charge in [-0.15, -0.1) is 0 Å². The van der Waals surface area contributed by atoms with Crippen LogP contribution in [0.4, 0.5) is 0 Å². The predicted molar refractivity (Wildman–Crippen MR) is 133 cm³/mol. The Morgan fingerprint density at radius 1 is 1.12 bits per heavy atom. The average Bonchev–Trinajstić information content (AvgIpc) is 2.82. The minimum absolute atomic E-state index is 0.0926. The summed E-state index contributed by atoms with van der Waals surface area (Å²) >= 11 is 0. The zero-order chi connectivity index (χ0) is 24.9. The number of amides is 2. The van der Waals surface area contributed by atoms with Gasteiger partial charge in [-0.2, -0.15) is 0 Å². The maximum absolute atomic E-state index is 12.8. The molecule has 0 aliphatic heterocycles. The second-order valence-electron chi connectivity index (χ2n) is 9.57. The van der Waals surface area contributed by atoms with Gasteiger partial charge in [0.25, 0.3) is 0 Å². The maximum atomic E-state index is 12.8. The zero-order valence-corrected chi connectivity index (χ0v) is 20.7. The first-order valence-electron chi connectivity index (χ1n) is 12.3. The number of guanidine groups is 1. The molecule has 8 nitrogen and oxygen atoms in total. The van der Waals surface area contributed by atoms with Crippen LogP contribution in [-0.4, -0.2) is 43.4 Å². The van der Waals surface area contributed by atoms with Crippen molar-refractivity contribution >= 4 is 23.7 Å². The molecule has 0 aromatic heterocycles. The topological polar surface area (TPSA) is 123 Å². The van der Waals surface area contributed by atoms with Crippen molar-refractivity contribution in [1.29, 1.82) is 0 Å². The Hall–Kier alpha value is -2.90. The van der Waals surface area contributed by atoms with Gasteiger partial charge in [0.15, 0.2) is 5.96 Å². The van der Waals surface area contributed by atoms with Crippen LogP contribution in [0.2, 0.25) is 0 Å². The molecule has 34 heavy (non-hydrogen) atoms. The summed E-state index contributed by atoms with van der Waals surface area (Å²) in [5, 5.41) is 5.50. The lowest BCUT2D eigenvalue weighted by molar-refractivity contribution is -0.147. The fraction of sp³-hybridized carbons (Fsp3) is 0.615. The van der Waals surface area contributed by atoms with Crippen molar-refractivity contribution in [2.24, 2.45) is 28.5 Å². The summed E-state index contributed by atoms with van der Waals surface area (Å²) in [6.45, 7) is 4.62. The number of hydrogen-bond acceptors (Lipinski definition) is 5. The Bertz CT molecular complexity index is 819. The molecule has 1 aromatic carbocycles. The monoisotopic (exact) mass is 472 g/mol. The Balaban J connectivity index is 2.03. The molecule has 0 spiro atoms. The molecule has 1 saturated carbocycles. The molecule has 1 aliphatic rings. The van der Waals surface area contributed by atoms with Crippen molar-refractivity contribution < 1.29 is 19.1 Å². The van der Waals surface area contributed by atoms with Crippen molar-refractivity contribution in [2.45, 2.75) is 71.3 Å². The second-order valence-corrected chi connectivity index (χ2v) is 9.57. The highest BCUT2D eigenvalue weighted by Gasteiger charge is 2.26. The number of rotatable bonds is 11. The number of nitrogens with two attached hydrogens (primary N) is 1. The molecule has 0 radical (unpaired) electrons. The summed E-state index contributed by atoms with van der Waals surface area (Å²) in [5.74, 6) is -1.08. The van der Waals surface area contributed by atoms with Crippen LogP contribution >= 0.6 is 0 Å². The highest BCUT2D eigenvalue weighted by molar-refractivity contribution is 5.98. The van der Waals surface area contributed by atoms with E-state index in [1.807, 2.05) is 44.2 Å². The van der Waals surface area contributed by atoms with E-state index in [1.165, 1.54) is 13.5 Å². The third-order valence-electron chi connectivity index (χ3n) is 6.12. The summed E-state index contributed by atoms with van der Waals surface area (Å²) in [4.78, 5) is 42.1. The molecular formula is C26H40N4O4. The number of nitrogens with zero attached hydrogens (tertiary/aromatic N) is 1. The van der Waals surface area contributed by atoms with Crippen molar-refractivity contribution in [1.82, 2.24) is 10.6 Å². The molecule has 1 fully saturated rings. The number of hydrogen-bond donors (Lipinski definition) is 3. The maximum Gasteiger partial charge on any atom is 0.309 e. The molecule has 2 atom stereocenters. The van der Waals surface area contributed by atoms with Crippen LogP contribution in [0.1, 0.15) is 64.4 Å². The van der Waals surface area contributed by atoms with Gasteiger partial charge in [0.1, 0.15) is 6.04 Å². The van der Waals surface area contributed by atoms with Gasteiger partial charge in [-0.3, -0.25) is 19.7 Å². The van der Waals surface area contributed by atoms with Gasteiger partial charge in [0, 0.05) is 13.0 Å². The lowest BCUT2D eigenvalue weighted by Gasteiger charge is -2.24. The summed E-state index contributed by atoms with van der Waals surface area (Å²) in [5.41, 5.74) is 6.97. The first-order chi connectivity index (χ1) is 16.3. The number of carbonyl (C=O) groups is 3. The molecule has 2 rings (SSSR count). The van der Waals surface area contributed by atoms with Crippen LogP contribution in [0.3, 0.4) is 0 Å². The van der Waals surface area contributed by atoms with Crippen LogP contribution in [0.15, 0.2) is 35.3 Å². The van der Waals surface area contributed by atoms with E-state index in [0.29, 0.717) is 31.2 Å². The Kier molecular flexibility index (Phi) is 11.6. The van der Waals surface area contributed by atoms with Gasteiger partial charge in [-0.05, 0) is 30.2 Å². The number of ether oxygens (including phenoxy) is 1. The minimum Gasteiger partial charge on any atom is -0.469 e. The van der Waals surface area contributed by atoms with Gasteiger partial charge in [0.05, 0.1) is 13.0 Å². The van der Waals surface area contributed by atoms with Gasteiger partial charge in [0.2, 0.25) is 11.8 Å². The minimum atomic E-state index is -0.650. The van der Waals surface area contributed by atoms with Gasteiger partial charge < -0.3 is 15.8 Å². The SMILES string of the molecule is COC(=O)C(CC(=O)NC(N)=NC(CC1CCCCC1)C(=O)NCC(C)C)Cc1ccccc1. The van der Waals surface area contributed by atoms with E-state index in [9.17, 15) is 14.4 Å². The lowest BCUT2D eigenvalue weighted by atomic mass is 9.84. The van der Waals surface area contributed by atoms with E-state index >= 15 is 0 Å². The number of aliphatic imine (C=N–C) groups is 1. The van der Waals surface area contributed by atoms with E-state index in [4.69, 9.17) is 10.5 Å². The zero-order valence-electron chi connectivity index (χ0n) is 20.7. The number of methoxy groups -OCH3 is 1. The van der Waals surface area contributed by atoms with Gasteiger partial charge in [-0.25, -0.2) is 4.99 Å². The average molecular weight is 473 g/mol. The number of benzene rings is 1. The Morgan fingerprint density at radius 2 is 1.79 bits per heavy atom. The van der Waals surface area contributed by atoms with Gasteiger partial charge in [-0.1, -0.05) is 76.3 Å². The van der Waals surface area contributed by atoms with Crippen LogP contribution in [0.5, 0.6) is 0 Å². The third-order valence-corrected chi connectivity index (χ3v) is 6.12. The standard InChI is InChI=1S/C26H40N4O4/c1-18(2)17-28-24(32)22(15-20-12-8-5-9-13-20)29-26(27)30-23(31)16-21(25(33)34-3)14-19-10-6-4-7-11-19/h4,6-7,10-11,18,20-22H,5,8-9,12-17H2,1-3H3,(H,28,32)(H3,27,29,30,31). The van der Waals surface area contributed by atoms with Crippen LogP contribution in [-0.2, 0) is 25.5 Å². The van der Waals surface area contributed by atoms with Crippen molar-refractivity contribution in [3.8, 4) is 0 Å². The Labute approximate surface area is 203 Å². The van der Waals surface area contributed by atoms with E-state index in [-0.39, 0.29) is 18.3 Å². The highest BCUT2D eigenvalue weighted by atomic mass is 16.5. The molecular weight excluding hydrogens is 432 g/mol. The molecule has 1 aliphatic carbocycles. The summed E-state index contributed by atoms with van der Waals surface area (Å²) in [6, 6.07) is 8.80. The first kappa shape index (κ1) is 27.3. The van der Waals surface area contributed by atoms with Crippen LogP contribution in [0, 0.1) is 17.8 Å². The number of carbonyl (C=O) groups excluding carboxylic acids is 3. The Morgan fingerprint density at radius 3 is 2.41 bits per heavy atom. The largest absolute Gasteiger partial charge is 0.469 e. The summed E-state index contributed by atoms with van der Waals surface area (Å²) in [7, 11) is 1.31. The van der Waals surface area contributed by atoms with E-state index in [0.717, 1.165) is 31.2 Å². The molecule has 1 aromatic rings. The molecule has 0 heterocycles. The van der Waals surface area contributed by atoms with Crippen molar-refractivity contribution in [3.05, 3.63) is 35.9 Å². The van der Waals surface area contributed by atoms with E-state index in [2.05, 4.69) is 15.6 Å². The van der Waals surface area contributed by atoms with Crippen molar-refractivity contribution in [3.63, 3.8) is 0 Å². The molecule has 2 unspecified atom stereocenters.